The van der Waals surface area contributed by atoms with E-state index in [2.05, 4.69) is 86.2 Å². The number of H-pyrrole nitrogens is 1. The monoisotopic (exact) mass is 349 g/mol. The maximum absolute atomic E-state index is 6.83. The fourth-order valence-corrected chi connectivity index (χ4v) is 5.17. The number of aromatic amines is 1. The smallest absolute Gasteiger partial charge is 0.283 e. The summed E-state index contributed by atoms with van der Waals surface area (Å²) in [5.74, 6) is 0. The maximum Gasteiger partial charge on any atom is 0.283 e. The Labute approximate surface area is 151 Å². The van der Waals surface area contributed by atoms with E-state index in [-0.39, 0.29) is 11.5 Å². The Morgan fingerprint density at radius 2 is 1.44 bits per heavy atom. The molecule has 0 fully saturated rings. The molecule has 4 heteroatoms. The highest BCUT2D eigenvalue weighted by atomic mass is 28.3. The summed E-state index contributed by atoms with van der Waals surface area (Å²) in [5, 5.41) is 2.50. The van der Waals surface area contributed by atoms with Gasteiger partial charge < -0.3 is 9.41 Å². The van der Waals surface area contributed by atoms with Gasteiger partial charge in [-0.05, 0) is 22.7 Å². The van der Waals surface area contributed by atoms with Crippen LogP contribution in [0.15, 0.2) is 67.0 Å². The molecular formula is C21H25N2OSi. The SMILES string of the molecule is Cc1[nH]cnc1C(O[Si](c1ccccc1)c1ccccc1)C(C)(C)C. The van der Waals surface area contributed by atoms with Crippen molar-refractivity contribution >= 4 is 19.4 Å². The lowest BCUT2D eigenvalue weighted by Crippen LogP contribution is -2.47. The second kappa shape index (κ2) is 7.38. The lowest BCUT2D eigenvalue weighted by molar-refractivity contribution is 0.0855. The number of aromatic nitrogens is 2. The molecule has 3 aromatic rings. The number of rotatable bonds is 5. The summed E-state index contributed by atoms with van der Waals surface area (Å²) in [6, 6.07) is 21.1. The van der Waals surface area contributed by atoms with Gasteiger partial charge in [0.25, 0.3) is 9.04 Å². The van der Waals surface area contributed by atoms with Crippen molar-refractivity contribution in [1.29, 1.82) is 0 Å². The highest BCUT2D eigenvalue weighted by Crippen LogP contribution is 2.36. The van der Waals surface area contributed by atoms with Crippen LogP contribution >= 0.6 is 0 Å². The Morgan fingerprint density at radius 3 is 1.84 bits per heavy atom. The molecule has 0 aliphatic rings. The third kappa shape index (κ3) is 4.09. The van der Waals surface area contributed by atoms with Crippen molar-refractivity contribution in [3.8, 4) is 0 Å². The molecular weight excluding hydrogens is 324 g/mol. The number of aryl methyl sites for hydroxylation is 1. The first-order valence-electron chi connectivity index (χ1n) is 8.61. The van der Waals surface area contributed by atoms with Gasteiger partial charge in [0.2, 0.25) is 0 Å². The normalized spacial score (nSPS) is 13.2. The number of hydrogen-bond donors (Lipinski definition) is 1. The maximum atomic E-state index is 6.83. The molecule has 129 valence electrons. The first-order chi connectivity index (χ1) is 12.0. The van der Waals surface area contributed by atoms with E-state index < -0.39 is 9.04 Å². The lowest BCUT2D eigenvalue weighted by Gasteiger charge is -2.33. The molecule has 0 aliphatic carbocycles. The van der Waals surface area contributed by atoms with Gasteiger partial charge in [-0.3, -0.25) is 0 Å². The Kier molecular flexibility index (Phi) is 5.21. The summed E-state index contributed by atoms with van der Waals surface area (Å²) in [5.41, 5.74) is 2.02. The summed E-state index contributed by atoms with van der Waals surface area (Å²) < 4.78 is 6.83. The van der Waals surface area contributed by atoms with E-state index in [0.717, 1.165) is 11.4 Å². The number of hydrogen-bond acceptors (Lipinski definition) is 2. The molecule has 1 unspecified atom stereocenters. The van der Waals surface area contributed by atoms with Gasteiger partial charge in [0, 0.05) is 5.69 Å². The third-order valence-corrected chi connectivity index (χ3v) is 6.40. The van der Waals surface area contributed by atoms with Crippen molar-refractivity contribution in [3.63, 3.8) is 0 Å². The van der Waals surface area contributed by atoms with Crippen LogP contribution in [-0.2, 0) is 4.43 Å². The van der Waals surface area contributed by atoms with Crippen molar-refractivity contribution < 1.29 is 4.43 Å². The average Bonchev–Trinajstić information content (AvgIpc) is 3.02. The van der Waals surface area contributed by atoms with Crippen molar-refractivity contribution in [2.75, 3.05) is 0 Å². The predicted octanol–water partition coefficient (Wildman–Crippen LogP) is 3.63. The van der Waals surface area contributed by atoms with E-state index in [4.69, 9.17) is 4.43 Å². The molecule has 0 spiro atoms. The van der Waals surface area contributed by atoms with E-state index in [1.165, 1.54) is 10.4 Å². The van der Waals surface area contributed by atoms with Gasteiger partial charge in [0.15, 0.2) is 0 Å². The van der Waals surface area contributed by atoms with Gasteiger partial charge in [-0.25, -0.2) is 4.98 Å². The first-order valence-corrected chi connectivity index (χ1v) is 10.0. The molecule has 0 saturated carbocycles. The molecule has 0 bridgehead atoms. The molecule has 2 aromatic carbocycles. The molecule has 0 saturated heterocycles. The Morgan fingerprint density at radius 1 is 0.920 bits per heavy atom. The Balaban J connectivity index is 2.02. The average molecular weight is 350 g/mol. The number of imidazole rings is 1. The number of benzene rings is 2. The van der Waals surface area contributed by atoms with Gasteiger partial charge in [0.1, 0.15) is 0 Å². The van der Waals surface area contributed by atoms with Crippen LogP contribution in [0.3, 0.4) is 0 Å². The van der Waals surface area contributed by atoms with Crippen molar-refractivity contribution in [3.05, 3.63) is 78.4 Å². The quantitative estimate of drug-likeness (QED) is 0.714. The largest absolute Gasteiger partial charge is 0.398 e. The standard InChI is InChI=1S/C21H25N2OSi/c1-16-19(23-15-22-16)20(21(2,3)4)24-25(17-11-7-5-8-12-17)18-13-9-6-10-14-18/h5-15,20H,1-4H3,(H,22,23). The molecule has 1 aromatic heterocycles. The highest BCUT2D eigenvalue weighted by Gasteiger charge is 2.34. The molecule has 3 rings (SSSR count). The van der Waals surface area contributed by atoms with Crippen LogP contribution in [0.2, 0.25) is 0 Å². The summed E-state index contributed by atoms with van der Waals surface area (Å²) in [6.07, 6.45) is 1.68. The summed E-state index contributed by atoms with van der Waals surface area (Å²) in [7, 11) is -1.38. The first kappa shape index (κ1) is 17.6. The van der Waals surface area contributed by atoms with Crippen LogP contribution in [0, 0.1) is 12.3 Å². The molecule has 0 amide bonds. The van der Waals surface area contributed by atoms with Gasteiger partial charge in [-0.2, -0.15) is 0 Å². The predicted molar refractivity (Wildman–Crippen MR) is 105 cm³/mol. The molecule has 1 atom stereocenters. The molecule has 0 aliphatic heterocycles. The van der Waals surface area contributed by atoms with E-state index in [0.29, 0.717) is 0 Å². The molecule has 1 heterocycles. The number of nitrogens with zero attached hydrogens (tertiary/aromatic N) is 1. The molecule has 3 nitrogen and oxygen atoms in total. The van der Waals surface area contributed by atoms with E-state index in [9.17, 15) is 0 Å². The van der Waals surface area contributed by atoms with E-state index in [1.807, 2.05) is 12.1 Å². The zero-order valence-corrected chi connectivity index (χ0v) is 16.3. The van der Waals surface area contributed by atoms with E-state index >= 15 is 0 Å². The van der Waals surface area contributed by atoms with Crippen molar-refractivity contribution in [2.24, 2.45) is 5.41 Å². The lowest BCUT2D eigenvalue weighted by atomic mass is 9.87. The van der Waals surface area contributed by atoms with Gasteiger partial charge >= 0.3 is 0 Å². The highest BCUT2D eigenvalue weighted by molar-refractivity contribution is 6.80. The fraction of sp³-hybridized carbons (Fsp3) is 0.286. The Hall–Kier alpha value is -2.17. The third-order valence-electron chi connectivity index (χ3n) is 4.21. The summed E-state index contributed by atoms with van der Waals surface area (Å²) in [4.78, 5) is 7.75. The van der Waals surface area contributed by atoms with Gasteiger partial charge in [0.05, 0.1) is 18.1 Å². The van der Waals surface area contributed by atoms with Crippen LogP contribution in [-0.4, -0.2) is 19.0 Å². The molecule has 1 radical (unpaired) electrons. The second-order valence-corrected chi connectivity index (χ2v) is 9.39. The number of nitrogens with one attached hydrogen (secondary N) is 1. The van der Waals surface area contributed by atoms with Crippen LogP contribution in [0.1, 0.15) is 38.3 Å². The van der Waals surface area contributed by atoms with Crippen LogP contribution < -0.4 is 10.4 Å². The second-order valence-electron chi connectivity index (χ2n) is 7.34. The molecule has 1 N–H and O–H groups in total. The Bertz CT molecular complexity index is 754. The minimum Gasteiger partial charge on any atom is -0.398 e. The minimum atomic E-state index is -1.38. The zero-order chi connectivity index (χ0) is 17.9. The summed E-state index contributed by atoms with van der Waals surface area (Å²) in [6.45, 7) is 8.69. The molecule has 25 heavy (non-hydrogen) atoms. The van der Waals surface area contributed by atoms with Crippen LogP contribution in [0.4, 0.5) is 0 Å². The van der Waals surface area contributed by atoms with Crippen LogP contribution in [0.5, 0.6) is 0 Å². The van der Waals surface area contributed by atoms with Gasteiger partial charge in [-0.15, -0.1) is 0 Å². The van der Waals surface area contributed by atoms with Crippen molar-refractivity contribution in [2.45, 2.75) is 33.8 Å². The minimum absolute atomic E-state index is 0.0561. The van der Waals surface area contributed by atoms with Crippen molar-refractivity contribution in [1.82, 2.24) is 9.97 Å². The fourth-order valence-electron chi connectivity index (χ4n) is 2.88. The summed E-state index contributed by atoms with van der Waals surface area (Å²) >= 11 is 0. The van der Waals surface area contributed by atoms with Crippen LogP contribution in [0.25, 0.3) is 0 Å². The zero-order valence-electron chi connectivity index (χ0n) is 15.3. The van der Waals surface area contributed by atoms with Gasteiger partial charge in [-0.1, -0.05) is 81.4 Å². The topological polar surface area (TPSA) is 37.9 Å². The van der Waals surface area contributed by atoms with E-state index in [1.54, 1.807) is 6.33 Å².